The molecule has 3 aromatic rings. The maximum absolute atomic E-state index is 4.84. The number of para-hydroxylation sites is 1. The molecule has 4 heteroatoms. The second-order valence-corrected chi connectivity index (χ2v) is 6.98. The van der Waals surface area contributed by atoms with Crippen molar-refractivity contribution in [3.8, 4) is 10.6 Å². The first kappa shape index (κ1) is 16.0. The van der Waals surface area contributed by atoms with Gasteiger partial charge in [-0.1, -0.05) is 43.5 Å². The predicted octanol–water partition coefficient (Wildman–Crippen LogP) is 4.88. The molecular formula is C19H22N2OS. The van der Waals surface area contributed by atoms with E-state index in [0.29, 0.717) is 6.04 Å². The van der Waals surface area contributed by atoms with Gasteiger partial charge in [0.2, 0.25) is 0 Å². The highest BCUT2D eigenvalue weighted by Gasteiger charge is 2.15. The van der Waals surface area contributed by atoms with Crippen LogP contribution in [0, 0.1) is 0 Å². The van der Waals surface area contributed by atoms with Gasteiger partial charge in [-0.25, -0.2) is 4.98 Å². The highest BCUT2D eigenvalue weighted by Crippen LogP contribution is 2.32. The van der Waals surface area contributed by atoms with Gasteiger partial charge in [-0.15, -0.1) is 11.3 Å². The van der Waals surface area contributed by atoms with Crippen molar-refractivity contribution in [1.82, 2.24) is 4.98 Å². The monoisotopic (exact) mass is 326 g/mol. The van der Waals surface area contributed by atoms with Crippen LogP contribution in [0.15, 0.2) is 47.8 Å². The van der Waals surface area contributed by atoms with Gasteiger partial charge < -0.3 is 10.8 Å². The standard InChI is InChI=1S/C19H20N2S.H2O/c1-2-7-14(8-3-1)20-17-13-18(19-11-6-12-22-19)21-16-10-5-4-9-15(16)17;/h4-6,9-14H,1-3,7-8H2,(H,20,21);1H2. The average Bonchev–Trinajstić information content (AvgIpc) is 3.10. The van der Waals surface area contributed by atoms with Crippen LogP contribution >= 0.6 is 11.3 Å². The van der Waals surface area contributed by atoms with E-state index in [-0.39, 0.29) is 5.48 Å². The third-order valence-corrected chi connectivity index (χ3v) is 5.35. The fourth-order valence-electron chi connectivity index (χ4n) is 3.31. The fraction of sp³-hybridized carbons (Fsp3) is 0.316. The van der Waals surface area contributed by atoms with Gasteiger partial charge in [0.15, 0.2) is 0 Å². The molecule has 0 spiro atoms. The van der Waals surface area contributed by atoms with Gasteiger partial charge in [0.1, 0.15) is 0 Å². The molecule has 0 atom stereocenters. The number of nitrogens with zero attached hydrogens (tertiary/aromatic N) is 1. The van der Waals surface area contributed by atoms with Crippen molar-refractivity contribution in [2.24, 2.45) is 0 Å². The summed E-state index contributed by atoms with van der Waals surface area (Å²) in [4.78, 5) is 6.08. The van der Waals surface area contributed by atoms with E-state index in [1.54, 1.807) is 11.3 Å². The molecule has 0 unspecified atom stereocenters. The minimum Gasteiger partial charge on any atom is -0.412 e. The number of hydrogen-bond acceptors (Lipinski definition) is 3. The van der Waals surface area contributed by atoms with E-state index in [2.05, 4.69) is 53.2 Å². The highest BCUT2D eigenvalue weighted by atomic mass is 32.1. The molecule has 0 bridgehead atoms. The zero-order valence-electron chi connectivity index (χ0n) is 13.1. The summed E-state index contributed by atoms with van der Waals surface area (Å²) in [6, 6.07) is 15.5. The molecule has 1 aromatic carbocycles. The van der Waals surface area contributed by atoms with E-state index in [0.717, 1.165) is 11.2 Å². The predicted molar refractivity (Wildman–Crippen MR) is 99.2 cm³/mol. The molecule has 1 aliphatic rings. The van der Waals surface area contributed by atoms with Gasteiger partial charge in [-0.2, -0.15) is 0 Å². The maximum Gasteiger partial charge on any atom is 0.0829 e. The van der Waals surface area contributed by atoms with Crippen molar-refractivity contribution >= 4 is 27.9 Å². The number of pyridine rings is 1. The summed E-state index contributed by atoms with van der Waals surface area (Å²) in [6.45, 7) is 0. The smallest absolute Gasteiger partial charge is 0.0829 e. The molecule has 120 valence electrons. The van der Waals surface area contributed by atoms with Gasteiger partial charge in [-0.05, 0) is 36.4 Å². The first-order valence-corrected chi connectivity index (χ1v) is 8.98. The number of nitrogens with one attached hydrogen (secondary N) is 1. The summed E-state index contributed by atoms with van der Waals surface area (Å²) in [5, 5.41) is 7.13. The normalized spacial score (nSPS) is 15.3. The largest absolute Gasteiger partial charge is 0.412 e. The first-order valence-electron chi connectivity index (χ1n) is 8.10. The SMILES string of the molecule is O.c1csc(-c2cc(NC3CCCCC3)c3ccccc3n2)c1. The number of fused-ring (bicyclic) bond motifs is 1. The zero-order valence-corrected chi connectivity index (χ0v) is 13.9. The lowest BCUT2D eigenvalue weighted by Gasteiger charge is -2.24. The molecule has 1 aliphatic carbocycles. The van der Waals surface area contributed by atoms with E-state index in [4.69, 9.17) is 4.98 Å². The minimum atomic E-state index is 0. The van der Waals surface area contributed by atoms with E-state index >= 15 is 0 Å². The Balaban J connectivity index is 0.00000156. The van der Waals surface area contributed by atoms with Crippen LogP contribution in [0.25, 0.3) is 21.5 Å². The van der Waals surface area contributed by atoms with Crippen LogP contribution in [0.5, 0.6) is 0 Å². The lowest BCUT2D eigenvalue weighted by atomic mass is 9.95. The average molecular weight is 326 g/mol. The minimum absolute atomic E-state index is 0. The van der Waals surface area contributed by atoms with E-state index < -0.39 is 0 Å². The lowest BCUT2D eigenvalue weighted by Crippen LogP contribution is -2.22. The Bertz CT molecular complexity index is 764. The van der Waals surface area contributed by atoms with Crippen LogP contribution < -0.4 is 5.32 Å². The van der Waals surface area contributed by atoms with E-state index in [1.807, 2.05) is 0 Å². The summed E-state index contributed by atoms with van der Waals surface area (Å²) >= 11 is 1.75. The molecule has 4 rings (SSSR count). The zero-order chi connectivity index (χ0) is 14.8. The fourth-order valence-corrected chi connectivity index (χ4v) is 4.00. The Kier molecular flexibility index (Phi) is 4.94. The van der Waals surface area contributed by atoms with Crippen molar-refractivity contribution < 1.29 is 5.48 Å². The Morgan fingerprint density at radius 2 is 1.83 bits per heavy atom. The van der Waals surface area contributed by atoms with Gasteiger partial charge >= 0.3 is 0 Å². The highest BCUT2D eigenvalue weighted by molar-refractivity contribution is 7.13. The maximum atomic E-state index is 4.84. The van der Waals surface area contributed by atoms with Crippen LogP contribution in [0.2, 0.25) is 0 Å². The van der Waals surface area contributed by atoms with Crippen molar-refractivity contribution in [2.75, 3.05) is 5.32 Å². The van der Waals surface area contributed by atoms with E-state index in [9.17, 15) is 0 Å². The molecule has 0 aliphatic heterocycles. The van der Waals surface area contributed by atoms with Crippen LogP contribution in [0.4, 0.5) is 5.69 Å². The lowest BCUT2D eigenvalue weighted by molar-refractivity contribution is 0.463. The van der Waals surface area contributed by atoms with Crippen LogP contribution in [0.3, 0.4) is 0 Å². The number of anilines is 1. The van der Waals surface area contributed by atoms with Crippen LogP contribution in [0.1, 0.15) is 32.1 Å². The number of benzene rings is 1. The number of aromatic nitrogens is 1. The Morgan fingerprint density at radius 1 is 1.00 bits per heavy atom. The van der Waals surface area contributed by atoms with Crippen molar-refractivity contribution in [2.45, 2.75) is 38.1 Å². The Labute approximate surface area is 140 Å². The summed E-state index contributed by atoms with van der Waals surface area (Å²) in [7, 11) is 0. The van der Waals surface area contributed by atoms with Crippen molar-refractivity contribution in [3.63, 3.8) is 0 Å². The number of thiophene rings is 1. The summed E-state index contributed by atoms with van der Waals surface area (Å²) in [5.41, 5.74) is 3.39. The second-order valence-electron chi connectivity index (χ2n) is 6.03. The molecule has 3 nitrogen and oxygen atoms in total. The Morgan fingerprint density at radius 3 is 2.61 bits per heavy atom. The summed E-state index contributed by atoms with van der Waals surface area (Å²) < 4.78 is 0. The molecule has 3 N–H and O–H groups in total. The summed E-state index contributed by atoms with van der Waals surface area (Å²) in [6.07, 6.45) is 6.64. The van der Waals surface area contributed by atoms with Crippen LogP contribution in [-0.2, 0) is 0 Å². The molecule has 1 saturated carbocycles. The third-order valence-electron chi connectivity index (χ3n) is 4.45. The van der Waals surface area contributed by atoms with Gasteiger partial charge in [0, 0.05) is 17.1 Å². The molecule has 0 amide bonds. The van der Waals surface area contributed by atoms with Crippen molar-refractivity contribution in [3.05, 3.63) is 47.8 Å². The molecule has 2 aromatic heterocycles. The first-order chi connectivity index (χ1) is 10.9. The molecule has 0 saturated heterocycles. The molecule has 23 heavy (non-hydrogen) atoms. The van der Waals surface area contributed by atoms with Crippen LogP contribution in [-0.4, -0.2) is 16.5 Å². The topological polar surface area (TPSA) is 56.4 Å². The van der Waals surface area contributed by atoms with E-state index in [1.165, 1.54) is 48.1 Å². The molecule has 2 heterocycles. The van der Waals surface area contributed by atoms with Gasteiger partial charge in [0.05, 0.1) is 16.1 Å². The number of hydrogen-bond donors (Lipinski definition) is 1. The molecule has 1 fully saturated rings. The third kappa shape index (κ3) is 3.38. The van der Waals surface area contributed by atoms with Gasteiger partial charge in [-0.3, -0.25) is 0 Å². The quantitative estimate of drug-likeness (QED) is 0.745. The molecular weight excluding hydrogens is 304 g/mol. The second kappa shape index (κ2) is 7.11. The van der Waals surface area contributed by atoms with Crippen molar-refractivity contribution in [1.29, 1.82) is 0 Å². The Hall–Kier alpha value is -1.91. The number of rotatable bonds is 3. The summed E-state index contributed by atoms with van der Waals surface area (Å²) in [5.74, 6) is 0. The molecule has 0 radical (unpaired) electrons. The van der Waals surface area contributed by atoms with Gasteiger partial charge in [0.25, 0.3) is 0 Å².